The lowest BCUT2D eigenvalue weighted by Crippen LogP contribution is -2.28. The van der Waals surface area contributed by atoms with E-state index in [0.717, 1.165) is 48.0 Å². The fraction of sp³-hybridized carbons (Fsp3) is 0.455. The molecule has 0 aliphatic carbocycles. The third kappa shape index (κ3) is 3.97. The first-order chi connectivity index (χ1) is 13.6. The summed E-state index contributed by atoms with van der Waals surface area (Å²) in [5, 5.41) is 8.85. The number of aromatic nitrogens is 3. The van der Waals surface area contributed by atoms with Crippen LogP contribution in [-0.2, 0) is 13.6 Å². The van der Waals surface area contributed by atoms with Crippen LogP contribution in [-0.4, -0.2) is 33.5 Å². The Hall–Kier alpha value is -2.60. The molecule has 1 saturated heterocycles. The quantitative estimate of drug-likeness (QED) is 0.652. The highest BCUT2D eigenvalue weighted by atomic mass is 16.5. The Balaban J connectivity index is 1.57. The summed E-state index contributed by atoms with van der Waals surface area (Å²) in [5.74, 6) is 1.79. The van der Waals surface area contributed by atoms with Gasteiger partial charge in [0.15, 0.2) is 5.76 Å². The topological polar surface area (TPSA) is 56.3 Å². The van der Waals surface area contributed by atoms with E-state index >= 15 is 0 Å². The lowest BCUT2D eigenvalue weighted by Gasteiger charge is -2.27. The number of hydrogen-bond acceptors (Lipinski definition) is 5. The summed E-state index contributed by atoms with van der Waals surface area (Å²) in [6, 6.07) is 10.3. The summed E-state index contributed by atoms with van der Waals surface area (Å²) >= 11 is 0. The van der Waals surface area contributed by atoms with Crippen LogP contribution < -0.4 is 4.74 Å². The van der Waals surface area contributed by atoms with Crippen LogP contribution in [0, 0.1) is 6.92 Å². The predicted molar refractivity (Wildman–Crippen MR) is 108 cm³/mol. The molecule has 28 heavy (non-hydrogen) atoms. The Bertz CT molecular complexity index is 913. The summed E-state index contributed by atoms with van der Waals surface area (Å²) < 4.78 is 13.0. The molecule has 0 unspecified atom stereocenters. The molecular formula is C22H28N4O2. The van der Waals surface area contributed by atoms with Gasteiger partial charge in [0.1, 0.15) is 11.4 Å². The molecule has 0 spiro atoms. The Morgan fingerprint density at radius 3 is 2.71 bits per heavy atom. The van der Waals surface area contributed by atoms with Crippen molar-refractivity contribution in [2.24, 2.45) is 7.05 Å². The molecule has 148 valence electrons. The van der Waals surface area contributed by atoms with Crippen molar-refractivity contribution < 1.29 is 9.26 Å². The van der Waals surface area contributed by atoms with Gasteiger partial charge in [-0.3, -0.25) is 9.58 Å². The lowest BCUT2D eigenvalue weighted by atomic mass is 10.0. The van der Waals surface area contributed by atoms with Crippen molar-refractivity contribution in [1.29, 1.82) is 0 Å². The monoisotopic (exact) mass is 380 g/mol. The molecule has 0 bridgehead atoms. The Kier molecular flexibility index (Phi) is 5.48. The van der Waals surface area contributed by atoms with Gasteiger partial charge in [0, 0.05) is 37.0 Å². The molecule has 2 aromatic heterocycles. The minimum Gasteiger partial charge on any atom is -0.497 e. The van der Waals surface area contributed by atoms with Crippen molar-refractivity contribution in [1.82, 2.24) is 19.8 Å². The Morgan fingerprint density at radius 1 is 1.18 bits per heavy atom. The maximum absolute atomic E-state index is 5.83. The van der Waals surface area contributed by atoms with E-state index in [1.807, 2.05) is 36.0 Å². The van der Waals surface area contributed by atoms with Crippen molar-refractivity contribution in [3.8, 4) is 17.0 Å². The zero-order valence-corrected chi connectivity index (χ0v) is 16.9. The zero-order valence-electron chi connectivity index (χ0n) is 16.9. The standard InChI is InChI=1S/C22H28N4O2/c1-16-18(14-25(2)23-16)15-26-12-6-4-5-7-21(26)22-13-20(24-28-22)17-8-10-19(27-3)11-9-17/h8-11,13-14,21H,4-7,12,15H2,1-3H3/t21-/m0/s1. The van der Waals surface area contributed by atoms with Gasteiger partial charge in [0.25, 0.3) is 0 Å². The second-order valence-corrected chi connectivity index (χ2v) is 7.59. The Morgan fingerprint density at radius 2 is 2.00 bits per heavy atom. The molecule has 0 amide bonds. The van der Waals surface area contributed by atoms with Crippen LogP contribution in [0.4, 0.5) is 0 Å². The number of benzene rings is 1. The third-order valence-electron chi connectivity index (χ3n) is 5.59. The van der Waals surface area contributed by atoms with Gasteiger partial charge < -0.3 is 9.26 Å². The SMILES string of the molecule is COc1ccc(-c2cc([C@@H]3CCCCCN3Cc3cn(C)nc3C)on2)cc1. The van der Waals surface area contributed by atoms with Crippen molar-refractivity contribution in [3.05, 3.63) is 53.5 Å². The number of ether oxygens (including phenoxy) is 1. The van der Waals surface area contributed by atoms with E-state index in [-0.39, 0.29) is 6.04 Å². The first-order valence-corrected chi connectivity index (χ1v) is 9.98. The highest BCUT2D eigenvalue weighted by Crippen LogP contribution is 2.34. The Labute approximate surface area is 166 Å². The lowest BCUT2D eigenvalue weighted by molar-refractivity contribution is 0.160. The zero-order chi connectivity index (χ0) is 19.5. The average molecular weight is 380 g/mol. The van der Waals surface area contributed by atoms with E-state index in [1.165, 1.54) is 24.8 Å². The van der Waals surface area contributed by atoms with Crippen LogP contribution in [0.2, 0.25) is 0 Å². The molecule has 6 heteroatoms. The summed E-state index contributed by atoms with van der Waals surface area (Å²) in [6.07, 6.45) is 6.91. The molecule has 0 N–H and O–H groups in total. The maximum atomic E-state index is 5.83. The van der Waals surface area contributed by atoms with E-state index in [0.29, 0.717) is 0 Å². The van der Waals surface area contributed by atoms with Crippen LogP contribution in [0.15, 0.2) is 41.1 Å². The summed E-state index contributed by atoms with van der Waals surface area (Å²) in [4.78, 5) is 2.52. The van der Waals surface area contributed by atoms with Crippen LogP contribution in [0.1, 0.15) is 48.7 Å². The molecule has 1 aliphatic rings. The van der Waals surface area contributed by atoms with Gasteiger partial charge in [-0.2, -0.15) is 5.10 Å². The number of aryl methyl sites for hydroxylation is 2. The van der Waals surface area contributed by atoms with Gasteiger partial charge in [-0.05, 0) is 50.6 Å². The van der Waals surface area contributed by atoms with E-state index in [2.05, 4.69) is 34.3 Å². The minimum atomic E-state index is 0.251. The van der Waals surface area contributed by atoms with E-state index in [4.69, 9.17) is 9.26 Å². The molecule has 0 radical (unpaired) electrons. The van der Waals surface area contributed by atoms with Gasteiger partial charge in [-0.15, -0.1) is 0 Å². The molecular weight excluding hydrogens is 352 g/mol. The molecule has 1 fully saturated rings. The highest BCUT2D eigenvalue weighted by Gasteiger charge is 2.27. The molecule has 4 rings (SSSR count). The predicted octanol–water partition coefficient (Wildman–Crippen LogP) is 4.51. The average Bonchev–Trinajstić information content (AvgIpc) is 3.23. The normalized spacial score (nSPS) is 18.2. The second-order valence-electron chi connectivity index (χ2n) is 7.59. The fourth-order valence-electron chi connectivity index (χ4n) is 4.05. The van der Waals surface area contributed by atoms with E-state index in [1.54, 1.807) is 7.11 Å². The van der Waals surface area contributed by atoms with Crippen molar-refractivity contribution in [2.45, 2.75) is 45.2 Å². The first-order valence-electron chi connectivity index (χ1n) is 9.98. The van der Waals surface area contributed by atoms with Crippen LogP contribution in [0.25, 0.3) is 11.3 Å². The first kappa shape index (κ1) is 18.7. The number of rotatable bonds is 5. The maximum Gasteiger partial charge on any atom is 0.154 e. The summed E-state index contributed by atoms with van der Waals surface area (Å²) in [7, 11) is 3.65. The fourth-order valence-corrected chi connectivity index (χ4v) is 4.05. The van der Waals surface area contributed by atoms with Gasteiger partial charge in [-0.1, -0.05) is 18.0 Å². The van der Waals surface area contributed by atoms with Gasteiger partial charge >= 0.3 is 0 Å². The third-order valence-corrected chi connectivity index (χ3v) is 5.59. The minimum absolute atomic E-state index is 0.251. The summed E-state index contributed by atoms with van der Waals surface area (Å²) in [5.41, 5.74) is 4.30. The van der Waals surface area contributed by atoms with Gasteiger partial charge in [0.05, 0.1) is 18.8 Å². The van der Waals surface area contributed by atoms with Crippen LogP contribution in [0.5, 0.6) is 5.75 Å². The number of hydrogen-bond donors (Lipinski definition) is 0. The number of likely N-dealkylation sites (tertiary alicyclic amines) is 1. The van der Waals surface area contributed by atoms with Crippen molar-refractivity contribution in [2.75, 3.05) is 13.7 Å². The second kappa shape index (κ2) is 8.19. The van der Waals surface area contributed by atoms with Crippen molar-refractivity contribution >= 4 is 0 Å². The van der Waals surface area contributed by atoms with Gasteiger partial charge in [0.2, 0.25) is 0 Å². The van der Waals surface area contributed by atoms with E-state index < -0.39 is 0 Å². The van der Waals surface area contributed by atoms with Crippen LogP contribution >= 0.6 is 0 Å². The number of nitrogens with zero attached hydrogens (tertiary/aromatic N) is 4. The molecule has 6 nitrogen and oxygen atoms in total. The highest BCUT2D eigenvalue weighted by molar-refractivity contribution is 5.60. The van der Waals surface area contributed by atoms with E-state index in [9.17, 15) is 0 Å². The molecule has 1 aliphatic heterocycles. The summed E-state index contributed by atoms with van der Waals surface area (Å²) in [6.45, 7) is 4.04. The molecule has 0 saturated carbocycles. The molecule has 1 aromatic carbocycles. The smallest absolute Gasteiger partial charge is 0.154 e. The van der Waals surface area contributed by atoms with Crippen LogP contribution in [0.3, 0.4) is 0 Å². The number of methoxy groups -OCH3 is 1. The largest absolute Gasteiger partial charge is 0.497 e. The molecule has 3 heterocycles. The molecule has 1 atom stereocenters. The van der Waals surface area contributed by atoms with Crippen molar-refractivity contribution in [3.63, 3.8) is 0 Å². The molecule has 3 aromatic rings. The van der Waals surface area contributed by atoms with Gasteiger partial charge in [-0.25, -0.2) is 0 Å².